The number of hydrogen-bond donors (Lipinski definition) is 12. The van der Waals surface area contributed by atoms with Crippen molar-refractivity contribution in [2.45, 2.75) is 234 Å². The second-order valence-corrected chi connectivity index (χ2v) is 49.2. The van der Waals surface area contributed by atoms with E-state index in [1.165, 1.54) is 89.4 Å². The number of aromatic amines is 5. The van der Waals surface area contributed by atoms with E-state index in [-0.39, 0.29) is 73.0 Å². The van der Waals surface area contributed by atoms with Crippen LogP contribution in [0.15, 0.2) is 170 Å². The van der Waals surface area contributed by atoms with E-state index in [0.717, 1.165) is 44.3 Å². The zero-order chi connectivity index (χ0) is 111. The van der Waals surface area contributed by atoms with Crippen LogP contribution in [-0.2, 0) is 136 Å². The molecular weight excluding hydrogens is 2130 g/mol. The highest BCUT2D eigenvalue weighted by molar-refractivity contribution is 7.90. The summed E-state index contributed by atoms with van der Waals surface area (Å²) in [5.74, 6) is -2.74. The number of alkyl halides is 3. The number of halogens is 3. The van der Waals surface area contributed by atoms with E-state index in [4.69, 9.17) is 42.1 Å². The van der Waals surface area contributed by atoms with Crippen molar-refractivity contribution in [2.75, 3.05) is 69.8 Å². The third kappa shape index (κ3) is 26.1. The number of likely N-dealkylation sites (N-methyl/N-ethyl adjacent to an activating group) is 1. The maximum atomic E-state index is 13.4. The van der Waals surface area contributed by atoms with Gasteiger partial charge in [-0.1, -0.05) is 126 Å². The molecule has 0 spiro atoms. The number of aliphatic hydroxyl groups is 3. The molecule has 826 valence electrons. The number of hydrogen-bond acceptors (Lipinski definition) is 37. The summed E-state index contributed by atoms with van der Waals surface area (Å²) in [5, 5.41) is 30.8. The monoisotopic (exact) mass is 2250 g/mol. The minimum Gasteiger partial charge on any atom is -0.393 e. The molecule has 15 rings (SSSR count). The average Bonchev–Trinajstić information content (AvgIpc) is 1.56. The van der Waals surface area contributed by atoms with Gasteiger partial charge < -0.3 is 53.2 Å². The summed E-state index contributed by atoms with van der Waals surface area (Å²) in [4.78, 5) is 131. The van der Waals surface area contributed by atoms with E-state index in [0.29, 0.717) is 22.1 Å². The lowest BCUT2D eigenvalue weighted by molar-refractivity contribution is -0.114. The second kappa shape index (κ2) is 46.0. The van der Waals surface area contributed by atoms with Crippen LogP contribution in [0.5, 0.6) is 0 Å². The number of nitrogens with one attached hydrogen (secondary N) is 9. The first-order valence-electron chi connectivity index (χ1n) is 45.8. The third-order valence-electron chi connectivity index (χ3n) is 26.6. The molecule has 12 N–H and O–H groups in total. The van der Waals surface area contributed by atoms with Gasteiger partial charge in [0.2, 0.25) is 50.1 Å². The summed E-state index contributed by atoms with van der Waals surface area (Å²) < 4.78 is 285. The minimum atomic E-state index is -6.29. The van der Waals surface area contributed by atoms with Gasteiger partial charge in [0, 0.05) is 71.8 Å². The molecular formula is C87H118F3N15O37S7. The summed E-state index contributed by atoms with van der Waals surface area (Å²) in [6.45, 7) is 15.1. The maximum absolute atomic E-state index is 13.4. The highest BCUT2D eigenvalue weighted by atomic mass is 32.2. The quantitative estimate of drug-likeness (QED) is 0.0153. The van der Waals surface area contributed by atoms with E-state index in [2.05, 4.69) is 43.0 Å². The SMILES string of the molecule is CC[C@@]1(CS(=O)(=O)NC)O[C@@H](n2cc(C)c(=O)[nH]c2=O)[C@@H](O)C1OCc1ccccc1.CC[C@@]1(CS(=O)(=O)NC)O[C@@H](n2cc(C)c(=O)[nH]c2=O)[C@@H](OS(=O)(=O)C(F)(F)F)C1OCc1ccccc1.CC[C@@]1(CS(=O)(=O)NC)O[C@@H](n2cc(C)c(=O)[nH]c2=O)[C@@H](OS(C)(=O)=O)C1OCc1ccccc1.CC[C@]12CS(=O)(=O)N(C)[C@@H](C1C)[C@H](n1cc(C)c(=O)[nH]c1=O)O2.Cc1cn([C@@H]2O[C@@]3(CO)CS(=O)(=O)N[C@H]2C3O)c(=O)[nH]c1=O. The zero-order valence-corrected chi connectivity index (χ0v) is 88.5. The van der Waals surface area contributed by atoms with Gasteiger partial charge in [-0.05, 0) is 98.1 Å². The lowest BCUT2D eigenvalue weighted by Crippen LogP contribution is -2.61. The maximum Gasteiger partial charge on any atom is 0.523 e. The van der Waals surface area contributed by atoms with E-state index < -0.39 is 276 Å². The Labute approximate surface area is 850 Å². The Balaban J connectivity index is 0.000000179. The van der Waals surface area contributed by atoms with Gasteiger partial charge in [-0.25, -0.2) is 85.0 Å². The summed E-state index contributed by atoms with van der Waals surface area (Å²) >= 11 is 0. The lowest BCUT2D eigenvalue weighted by Gasteiger charge is -2.40. The molecule has 5 aromatic heterocycles. The van der Waals surface area contributed by atoms with Crippen LogP contribution in [0.25, 0.3) is 0 Å². The van der Waals surface area contributed by atoms with Gasteiger partial charge in [-0.15, -0.1) is 0 Å². The third-order valence-corrected chi connectivity index (χ3v) is 36.1. The number of nitrogens with zero attached hydrogens (tertiary/aromatic N) is 6. The summed E-state index contributed by atoms with van der Waals surface area (Å²) in [6, 6.07) is 24.8. The molecule has 0 aliphatic carbocycles. The van der Waals surface area contributed by atoms with Crippen molar-refractivity contribution in [2.24, 2.45) is 5.92 Å². The molecule has 20 atom stereocenters. The molecule has 7 aliphatic heterocycles. The molecule has 62 heteroatoms. The van der Waals surface area contributed by atoms with Gasteiger partial charge in [-0.2, -0.15) is 34.3 Å². The van der Waals surface area contributed by atoms with Crippen LogP contribution in [0.1, 0.15) is 136 Å². The van der Waals surface area contributed by atoms with E-state index in [9.17, 15) is 135 Å². The van der Waals surface area contributed by atoms with Crippen LogP contribution in [0, 0.1) is 40.5 Å². The number of H-pyrrole nitrogens is 5. The smallest absolute Gasteiger partial charge is 0.393 e. The Morgan fingerprint density at radius 2 is 0.752 bits per heavy atom. The Kier molecular flexibility index (Phi) is 36.7. The largest absolute Gasteiger partial charge is 0.523 e. The molecule has 12 heterocycles. The first kappa shape index (κ1) is 119. The first-order valence-corrected chi connectivity index (χ1v) is 57.2. The van der Waals surface area contributed by atoms with Crippen LogP contribution in [-0.4, -0.2) is 284 Å². The van der Waals surface area contributed by atoms with Crippen molar-refractivity contribution in [1.82, 2.24) is 70.9 Å². The fourth-order valence-corrected chi connectivity index (χ4v) is 27.0. The summed E-state index contributed by atoms with van der Waals surface area (Å²) in [6.07, 6.45) is -9.40. The van der Waals surface area contributed by atoms with Crippen LogP contribution in [0.4, 0.5) is 13.2 Å². The molecule has 4 bridgehead atoms. The molecule has 7 fully saturated rings. The molecule has 0 amide bonds. The van der Waals surface area contributed by atoms with E-state index in [1.807, 2.05) is 55.2 Å². The predicted molar refractivity (Wildman–Crippen MR) is 523 cm³/mol. The summed E-state index contributed by atoms with van der Waals surface area (Å²) in [7, 11) is -24.3. The van der Waals surface area contributed by atoms with Gasteiger partial charge in [0.05, 0.1) is 79.1 Å². The Hall–Kier alpha value is -10.2. The molecule has 52 nitrogen and oxygen atoms in total. The van der Waals surface area contributed by atoms with Crippen molar-refractivity contribution >= 4 is 70.4 Å². The summed E-state index contributed by atoms with van der Waals surface area (Å²) in [5.41, 5.74) is -17.6. The van der Waals surface area contributed by atoms with Crippen LogP contribution in [0.2, 0.25) is 0 Å². The molecule has 149 heavy (non-hydrogen) atoms. The zero-order valence-electron chi connectivity index (χ0n) is 82.8. The number of sulfonamides is 5. The molecule has 0 radical (unpaired) electrons. The normalized spacial score (nSPS) is 28.6. The van der Waals surface area contributed by atoms with E-state index in [1.54, 1.807) is 75.4 Å². The van der Waals surface area contributed by atoms with Gasteiger partial charge in [0.1, 0.15) is 52.9 Å². The van der Waals surface area contributed by atoms with Crippen molar-refractivity contribution in [3.8, 4) is 0 Å². The van der Waals surface area contributed by atoms with Crippen LogP contribution < -0.4 is 75.1 Å². The number of aryl methyl sites for hydroxylation is 5. The molecule has 0 saturated carbocycles. The molecule has 7 saturated heterocycles. The van der Waals surface area contributed by atoms with Crippen molar-refractivity contribution in [3.63, 3.8) is 0 Å². The number of ether oxygens (including phenoxy) is 8. The second-order valence-electron chi connectivity index (χ2n) is 36.5. The van der Waals surface area contributed by atoms with Crippen molar-refractivity contribution in [1.29, 1.82) is 0 Å². The number of fused-ring (bicyclic) bond motifs is 4. The van der Waals surface area contributed by atoms with E-state index >= 15 is 0 Å². The Morgan fingerprint density at radius 3 is 1.07 bits per heavy atom. The number of aromatic nitrogens is 10. The Morgan fingerprint density at radius 1 is 0.443 bits per heavy atom. The average molecular weight is 2250 g/mol. The van der Waals surface area contributed by atoms with Crippen LogP contribution in [0.3, 0.4) is 0 Å². The highest BCUT2D eigenvalue weighted by Gasteiger charge is 2.67. The van der Waals surface area contributed by atoms with Gasteiger partial charge in [0.25, 0.3) is 37.9 Å². The predicted octanol–water partition coefficient (Wildman–Crippen LogP) is -2.52. The number of aliphatic hydroxyl groups excluding tert-OH is 3. The number of benzene rings is 3. The van der Waals surface area contributed by atoms with Gasteiger partial charge in [-0.3, -0.25) is 80.1 Å². The van der Waals surface area contributed by atoms with Crippen molar-refractivity contribution in [3.05, 3.63) is 271 Å². The lowest BCUT2D eigenvalue weighted by atomic mass is 9.85. The molecule has 7 aliphatic rings. The topological polar surface area (TPSA) is 718 Å². The molecule has 5 unspecified atom stereocenters. The standard InChI is InChI=1S/C21H26F3N3O9S2.C21H29N3O9S2.C20H27N3O7S.C14H21N3O5S.C11H15N3O7S/c1-4-20(12-37(30,31)25-3)16(34-11-14-8-6-5-7-9-14)15(36-38(32,33)21(22,23)24)18(35-20)27-10-13(2)17(28)26-19(27)29;1-5-21(13-35(29,30)22-3)17(31-12-15-9-7-6-8-10-15)16(33-34(4,27)28)19(32-21)24-11-14(2)18(25)23-20(24)26;1-4-20(12-31(27,28)21-3)16(29-11-14-8-6-5-7-9-14)15(24)18(30-20)23-10-13(2)17(25)22-19(23)26;1-5-14-7-23(20,21)16(4)10(9(14)3)12(22-14)17-6-8(2)11(18)15-13(17)19;1-5-2-14(10(18)12-8(5)17)9-6-7(16)11(3-15,21-9)4-22(19,20)13-6/h5-10,15-16,18,25H,4,11-12H2,1-3H3,(H,26,28,29);6-11,16-17,19,22H,5,12-13H2,1-4H3,(H,23,25,26);5-10,15-16,18,21,24H,4,11-12H2,1-3H3,(H,22,25,26);6,9-10,12H,5,7H2,1-4H3,(H,15,18,19);2,6-7,9,13,15-16H,3-4H2,1H3,(H,12,17,18)/t15-,16?,18+,20-;16-,17?,19+,21-;15-,16?,18+,20-;9?,10-,12+,14-;6-,7?,9+,11-/m00000/s1. The van der Waals surface area contributed by atoms with Gasteiger partial charge in [0.15, 0.2) is 43.3 Å². The minimum absolute atomic E-state index is 0.00783. The first-order chi connectivity index (χ1) is 69.3. The molecule has 8 aromatic rings. The Bertz CT molecular complexity index is 7740. The fraction of sp³-hybridized carbons (Fsp3) is 0.563. The van der Waals surface area contributed by atoms with Crippen molar-refractivity contribution < 1.29 is 134 Å². The number of rotatable bonds is 32. The van der Waals surface area contributed by atoms with Gasteiger partial charge >= 0.3 is 44.1 Å². The molecule has 3 aromatic carbocycles. The van der Waals surface area contributed by atoms with Crippen LogP contribution >= 0.6 is 0 Å². The highest BCUT2D eigenvalue weighted by Crippen LogP contribution is 2.52. The fourth-order valence-electron chi connectivity index (χ4n) is 18.4.